The molecule has 0 saturated carbocycles. The molecule has 6 heteroatoms. The van der Waals surface area contributed by atoms with Gasteiger partial charge in [-0.2, -0.15) is 4.08 Å². The maximum absolute atomic E-state index is 7.95. The highest BCUT2D eigenvalue weighted by Crippen LogP contribution is 2.37. The van der Waals surface area contributed by atoms with E-state index in [1.807, 2.05) is 18.2 Å². The van der Waals surface area contributed by atoms with Crippen LogP contribution in [0, 0.1) is 6.92 Å². The zero-order valence-corrected chi connectivity index (χ0v) is 9.39. The number of aryl methyl sites for hydroxylation is 1. The third-order valence-electron chi connectivity index (χ3n) is 1.03. The molecule has 0 saturated heterocycles. The smallest absolute Gasteiger partial charge is 0.324 e. The van der Waals surface area contributed by atoms with Crippen molar-refractivity contribution < 1.29 is 13.9 Å². The summed E-state index contributed by atoms with van der Waals surface area (Å²) >= 11 is 8.28. The second-order valence-electron chi connectivity index (χ2n) is 2.21. The minimum atomic E-state index is -3.55. The summed E-state index contributed by atoms with van der Waals surface area (Å²) < 4.78 is 3.45. The van der Waals surface area contributed by atoms with Crippen molar-refractivity contribution in [3.63, 3.8) is 0 Å². The van der Waals surface area contributed by atoms with E-state index in [0.717, 1.165) is 0 Å². The molecule has 0 radical (unpaired) electrons. The van der Waals surface area contributed by atoms with Gasteiger partial charge in [0.15, 0.2) is 0 Å². The molecule has 0 amide bonds. The number of halogens is 1. The lowest BCUT2D eigenvalue weighted by molar-refractivity contribution is 0.385. The Hall–Kier alpha value is 0.0400. The molecule has 0 aliphatic rings. The second-order valence-corrected chi connectivity index (χ2v) is 5.17. The average Bonchev–Trinajstić information content (AvgIpc) is 2.06. The standard InChI is InChI=1S/C7H8.ClH2O3PS/c1-7-5-3-2-4-6-7;1-4-5(2,3)6/h2-6H,1H3;(H2,2,3,6). The molecule has 0 bridgehead atoms. The summed E-state index contributed by atoms with van der Waals surface area (Å²) in [7, 11) is 0. The summed E-state index contributed by atoms with van der Waals surface area (Å²) in [5.41, 5.74) is 1.32. The molecule has 0 aliphatic carbocycles. The fraction of sp³-hybridized carbons (Fsp3) is 0.143. The van der Waals surface area contributed by atoms with Gasteiger partial charge >= 0.3 is 6.72 Å². The van der Waals surface area contributed by atoms with E-state index in [1.54, 1.807) is 0 Å². The fourth-order valence-corrected chi connectivity index (χ4v) is 0.534. The fourth-order valence-electron chi connectivity index (χ4n) is 0.534. The molecule has 3 nitrogen and oxygen atoms in total. The predicted octanol–water partition coefficient (Wildman–Crippen LogP) is 2.36. The van der Waals surface area contributed by atoms with Crippen molar-refractivity contribution in [3.8, 4) is 0 Å². The van der Waals surface area contributed by atoms with Crippen molar-refractivity contribution in [3.05, 3.63) is 35.9 Å². The van der Waals surface area contributed by atoms with Gasteiger partial charge in [-0.25, -0.2) is 0 Å². The zero-order valence-electron chi connectivity index (χ0n) is 6.92. The molecule has 74 valence electrons. The first kappa shape index (κ1) is 13.0. The highest BCUT2D eigenvalue weighted by atomic mass is 35.5. The van der Waals surface area contributed by atoms with Gasteiger partial charge in [-0.15, -0.1) is 0 Å². The first-order valence-corrected chi connectivity index (χ1v) is 6.26. The lowest BCUT2D eigenvalue weighted by atomic mass is 10.2. The predicted molar refractivity (Wildman–Crippen MR) is 56.8 cm³/mol. The van der Waals surface area contributed by atoms with Gasteiger partial charge in [-0.3, -0.25) is 0 Å². The van der Waals surface area contributed by atoms with Crippen molar-refractivity contribution in [2.45, 2.75) is 6.92 Å². The minimum absolute atomic E-state index is 1.32. The molecule has 0 aliphatic heterocycles. The Bertz CT molecular complexity index is 274. The third-order valence-corrected chi connectivity index (χ3v) is 2.26. The van der Waals surface area contributed by atoms with Crippen LogP contribution in [-0.2, 0) is 15.9 Å². The van der Waals surface area contributed by atoms with Crippen LogP contribution < -0.4 is 0 Å². The first-order valence-electron chi connectivity index (χ1n) is 3.33. The third kappa shape index (κ3) is 9.96. The topological polar surface area (TPSA) is 49.7 Å². The van der Waals surface area contributed by atoms with Crippen LogP contribution in [0.15, 0.2) is 30.3 Å². The molecule has 0 atom stereocenters. The van der Waals surface area contributed by atoms with Crippen LogP contribution in [0.1, 0.15) is 5.56 Å². The molecular formula is C7H10ClO3PS. The summed E-state index contributed by atoms with van der Waals surface area (Å²) in [6.45, 7) is -1.46. The van der Waals surface area contributed by atoms with Crippen molar-refractivity contribution in [2.75, 3.05) is 0 Å². The van der Waals surface area contributed by atoms with Gasteiger partial charge in [0.1, 0.15) is 0 Å². The van der Waals surface area contributed by atoms with E-state index < -0.39 is 6.72 Å². The number of hydrogen-bond donors (Lipinski definition) is 2. The number of hydrogen-bond acceptors (Lipinski definition) is 2. The van der Waals surface area contributed by atoms with Crippen molar-refractivity contribution >= 4 is 30.4 Å². The maximum Gasteiger partial charge on any atom is 0.338 e. The monoisotopic (exact) mass is 240 g/mol. The van der Waals surface area contributed by atoms with Gasteiger partial charge in [0.2, 0.25) is 0 Å². The van der Waals surface area contributed by atoms with Gasteiger partial charge in [0, 0.05) is 0 Å². The second kappa shape index (κ2) is 6.49. The minimum Gasteiger partial charge on any atom is -0.324 e. The molecule has 0 spiro atoms. The molecule has 13 heavy (non-hydrogen) atoms. The van der Waals surface area contributed by atoms with Crippen molar-refractivity contribution in [2.24, 2.45) is 0 Å². The van der Waals surface area contributed by atoms with Crippen molar-refractivity contribution in [1.82, 2.24) is 0 Å². The Kier molecular flexibility index (Phi) is 6.51. The molecule has 1 aromatic carbocycles. The summed E-state index contributed by atoms with van der Waals surface area (Å²) in [5.74, 6) is 0. The molecule has 1 aromatic rings. The van der Waals surface area contributed by atoms with Gasteiger partial charge in [-0.1, -0.05) is 35.9 Å². The highest BCUT2D eigenvalue weighted by molar-refractivity contribution is 8.06. The van der Waals surface area contributed by atoms with Crippen LogP contribution in [0.4, 0.5) is 0 Å². The summed E-state index contributed by atoms with van der Waals surface area (Å²) in [6.07, 6.45) is 0. The molecule has 0 unspecified atom stereocenters. The molecule has 2 N–H and O–H groups in total. The molecular weight excluding hydrogens is 231 g/mol. The van der Waals surface area contributed by atoms with Gasteiger partial charge < -0.3 is 9.79 Å². The van der Waals surface area contributed by atoms with Crippen LogP contribution in [-0.4, -0.2) is 9.79 Å². The maximum atomic E-state index is 7.95. The Balaban J connectivity index is 0.000000226. The largest absolute Gasteiger partial charge is 0.338 e. The van der Waals surface area contributed by atoms with E-state index in [-0.39, 0.29) is 0 Å². The zero-order chi connectivity index (χ0) is 10.3. The van der Waals surface area contributed by atoms with E-state index >= 15 is 0 Å². The molecule has 0 heterocycles. The molecule has 0 fully saturated rings. The Morgan fingerprint density at radius 2 is 1.69 bits per heavy atom. The highest BCUT2D eigenvalue weighted by Gasteiger charge is 2.02. The Morgan fingerprint density at radius 3 is 1.85 bits per heavy atom. The van der Waals surface area contributed by atoms with Crippen LogP contribution in [0.3, 0.4) is 0 Å². The first-order chi connectivity index (χ1) is 5.95. The van der Waals surface area contributed by atoms with Crippen LogP contribution >= 0.6 is 18.6 Å². The quantitative estimate of drug-likeness (QED) is 0.740. The van der Waals surface area contributed by atoms with E-state index in [1.165, 1.54) is 5.56 Å². The van der Waals surface area contributed by atoms with Crippen LogP contribution in [0.2, 0.25) is 0 Å². The van der Waals surface area contributed by atoms with Gasteiger partial charge in [0.05, 0.1) is 11.9 Å². The van der Waals surface area contributed by atoms with E-state index in [0.29, 0.717) is 0 Å². The van der Waals surface area contributed by atoms with Crippen LogP contribution in [0.25, 0.3) is 0 Å². The Labute approximate surface area is 87.4 Å². The molecule has 0 aromatic heterocycles. The number of benzene rings is 1. The van der Waals surface area contributed by atoms with Crippen molar-refractivity contribution in [1.29, 1.82) is 0 Å². The lowest BCUT2D eigenvalue weighted by Gasteiger charge is -1.95. The van der Waals surface area contributed by atoms with E-state index in [4.69, 9.17) is 9.79 Å². The average molecular weight is 241 g/mol. The van der Waals surface area contributed by atoms with E-state index in [9.17, 15) is 0 Å². The van der Waals surface area contributed by atoms with Gasteiger partial charge in [-0.05, 0) is 18.7 Å². The summed E-state index contributed by atoms with van der Waals surface area (Å²) in [4.78, 5) is 15.9. The van der Waals surface area contributed by atoms with Crippen LogP contribution in [0.5, 0.6) is 0 Å². The summed E-state index contributed by atoms with van der Waals surface area (Å²) in [6, 6.07) is 10.3. The lowest BCUT2D eigenvalue weighted by Crippen LogP contribution is -1.69. The number of rotatable bonds is 1. The SMILES string of the molecule is Cc1ccccc1.OP(O)(=S)OCl. The Morgan fingerprint density at radius 1 is 1.31 bits per heavy atom. The van der Waals surface area contributed by atoms with E-state index in [2.05, 4.69) is 46.8 Å². The summed E-state index contributed by atoms with van der Waals surface area (Å²) in [5, 5.41) is 0. The molecule has 1 rings (SSSR count). The normalized spacial score (nSPS) is 10.2. The van der Waals surface area contributed by atoms with Gasteiger partial charge in [0.25, 0.3) is 0 Å².